The van der Waals surface area contributed by atoms with Gasteiger partial charge in [-0.15, -0.1) is 0 Å². The number of esters is 1. The molecule has 1 atom stereocenters. The highest BCUT2D eigenvalue weighted by Crippen LogP contribution is 2.22. The van der Waals surface area contributed by atoms with Crippen LogP contribution in [0.1, 0.15) is 49.1 Å². The first-order chi connectivity index (χ1) is 20.1. The number of hydrogen-bond acceptors (Lipinski definition) is 9. The molecule has 4 aromatic rings. The number of carboxylic acids is 1. The van der Waals surface area contributed by atoms with Crippen LogP contribution >= 0.6 is 0 Å². The van der Waals surface area contributed by atoms with Gasteiger partial charge in [-0.2, -0.15) is 10.5 Å². The number of nitro groups is 2. The molecule has 0 bridgehead atoms. The minimum Gasteiger partial charge on any atom is -0.478 e. The topological polar surface area (TPSA) is 197 Å². The molecule has 0 saturated heterocycles. The van der Waals surface area contributed by atoms with Gasteiger partial charge in [0.1, 0.15) is 6.07 Å². The zero-order chi connectivity index (χ0) is 30.6. The smallest absolute Gasteiger partial charge is 0.339 e. The third kappa shape index (κ3) is 7.81. The SMILES string of the molecule is N#CC(OC(=O)c1ccccc1)c1ccc([N+](=O)[O-])cc1.N#Cc1cccc(C(=O)O)c1Cc1ccc([N+](=O)[O-])cc1. The van der Waals surface area contributed by atoms with Crippen LogP contribution in [0.25, 0.3) is 0 Å². The van der Waals surface area contributed by atoms with E-state index in [4.69, 9.17) is 15.3 Å². The Hall–Kier alpha value is -6.40. The Morgan fingerprint density at radius 3 is 1.88 bits per heavy atom. The fraction of sp³-hybridized carbons (Fsp3) is 0.0667. The van der Waals surface area contributed by atoms with Crippen molar-refractivity contribution in [1.82, 2.24) is 0 Å². The van der Waals surface area contributed by atoms with Crippen molar-refractivity contribution in [2.45, 2.75) is 12.5 Å². The molecule has 0 heterocycles. The summed E-state index contributed by atoms with van der Waals surface area (Å²) in [5, 5.41) is 48.5. The maximum absolute atomic E-state index is 11.9. The molecule has 42 heavy (non-hydrogen) atoms. The Bertz CT molecular complexity index is 1690. The molecule has 12 nitrogen and oxygen atoms in total. The van der Waals surface area contributed by atoms with Crippen LogP contribution in [0, 0.1) is 42.9 Å². The Morgan fingerprint density at radius 2 is 1.38 bits per heavy atom. The summed E-state index contributed by atoms with van der Waals surface area (Å²) < 4.78 is 5.10. The molecular weight excluding hydrogens is 544 g/mol. The molecule has 0 aliphatic carbocycles. The molecular formula is C30H20N4O8. The maximum atomic E-state index is 11.9. The van der Waals surface area contributed by atoms with Gasteiger partial charge in [-0.1, -0.05) is 36.4 Å². The largest absolute Gasteiger partial charge is 0.478 e. The second kappa shape index (κ2) is 14.1. The molecule has 0 aromatic heterocycles. The molecule has 0 aliphatic heterocycles. The van der Waals surface area contributed by atoms with Crippen molar-refractivity contribution in [3.05, 3.63) is 151 Å². The molecule has 0 aliphatic rings. The number of nitrogens with zero attached hydrogens (tertiary/aromatic N) is 4. The number of rotatable bonds is 8. The van der Waals surface area contributed by atoms with Crippen molar-refractivity contribution >= 4 is 23.3 Å². The zero-order valence-electron chi connectivity index (χ0n) is 21.6. The molecule has 4 aromatic carbocycles. The molecule has 0 radical (unpaired) electrons. The fourth-order valence-corrected chi connectivity index (χ4v) is 3.71. The van der Waals surface area contributed by atoms with Crippen LogP contribution in [0.2, 0.25) is 0 Å². The van der Waals surface area contributed by atoms with Crippen molar-refractivity contribution in [2.75, 3.05) is 0 Å². The number of carbonyl (C=O) groups excluding carboxylic acids is 1. The molecule has 1 unspecified atom stereocenters. The summed E-state index contributed by atoms with van der Waals surface area (Å²) in [6.45, 7) is 0. The second-order valence-electron chi connectivity index (χ2n) is 8.48. The lowest BCUT2D eigenvalue weighted by Gasteiger charge is -2.11. The summed E-state index contributed by atoms with van der Waals surface area (Å²) in [6.07, 6.45) is -0.887. The van der Waals surface area contributed by atoms with Crippen LogP contribution in [0.3, 0.4) is 0 Å². The summed E-state index contributed by atoms with van der Waals surface area (Å²) in [4.78, 5) is 43.2. The third-order valence-electron chi connectivity index (χ3n) is 5.81. The van der Waals surface area contributed by atoms with E-state index in [9.17, 15) is 34.9 Å². The van der Waals surface area contributed by atoms with Gasteiger partial charge in [0.15, 0.2) is 0 Å². The van der Waals surface area contributed by atoms with E-state index >= 15 is 0 Å². The van der Waals surface area contributed by atoms with Crippen LogP contribution in [0.5, 0.6) is 0 Å². The number of benzene rings is 4. The van der Waals surface area contributed by atoms with Gasteiger partial charge in [-0.05, 0) is 53.9 Å². The van der Waals surface area contributed by atoms with Crippen molar-refractivity contribution < 1.29 is 29.3 Å². The minimum atomic E-state index is -1.11. The predicted octanol–water partition coefficient (Wildman–Crippen LogP) is 5.77. The molecule has 1 N–H and O–H groups in total. The van der Waals surface area contributed by atoms with E-state index in [0.717, 1.165) is 0 Å². The van der Waals surface area contributed by atoms with Crippen LogP contribution < -0.4 is 0 Å². The molecule has 0 saturated carbocycles. The van der Waals surface area contributed by atoms with E-state index in [2.05, 4.69) is 0 Å². The highest BCUT2D eigenvalue weighted by atomic mass is 16.6. The summed E-state index contributed by atoms with van der Waals surface area (Å²) in [6, 6.07) is 27.7. The Morgan fingerprint density at radius 1 is 0.810 bits per heavy atom. The van der Waals surface area contributed by atoms with Crippen molar-refractivity contribution in [1.29, 1.82) is 10.5 Å². The number of ether oxygens (including phenoxy) is 1. The van der Waals surface area contributed by atoms with Gasteiger partial charge in [-0.25, -0.2) is 9.59 Å². The van der Waals surface area contributed by atoms with Gasteiger partial charge in [0.05, 0.1) is 32.6 Å². The summed E-state index contributed by atoms with van der Waals surface area (Å²) in [7, 11) is 0. The summed E-state index contributed by atoms with van der Waals surface area (Å²) >= 11 is 0. The molecule has 0 spiro atoms. The first kappa shape index (κ1) is 30.1. The fourth-order valence-electron chi connectivity index (χ4n) is 3.71. The number of nitriles is 2. The molecule has 0 amide bonds. The molecule has 4 rings (SSSR count). The zero-order valence-corrected chi connectivity index (χ0v) is 21.6. The number of nitro benzene ring substituents is 2. The van der Waals surface area contributed by atoms with Crippen LogP contribution in [-0.2, 0) is 11.2 Å². The first-order valence-electron chi connectivity index (χ1n) is 12.0. The Labute approximate surface area is 238 Å². The van der Waals surface area contributed by atoms with E-state index in [1.807, 2.05) is 12.1 Å². The average Bonchev–Trinajstić information content (AvgIpc) is 3.00. The first-order valence-corrected chi connectivity index (χ1v) is 12.0. The average molecular weight is 565 g/mol. The van der Waals surface area contributed by atoms with Crippen LogP contribution in [0.4, 0.5) is 11.4 Å². The number of carboxylic acid groups (broad SMARTS) is 1. The van der Waals surface area contributed by atoms with Gasteiger partial charge in [0, 0.05) is 29.8 Å². The van der Waals surface area contributed by atoms with Crippen LogP contribution in [-0.4, -0.2) is 26.9 Å². The van der Waals surface area contributed by atoms with Gasteiger partial charge in [0.25, 0.3) is 11.4 Å². The maximum Gasteiger partial charge on any atom is 0.339 e. The summed E-state index contributed by atoms with van der Waals surface area (Å²) in [5.74, 6) is -1.73. The lowest BCUT2D eigenvalue weighted by Crippen LogP contribution is -2.10. The molecule has 0 fully saturated rings. The van der Waals surface area contributed by atoms with E-state index in [-0.39, 0.29) is 28.9 Å². The van der Waals surface area contributed by atoms with Crippen molar-refractivity contribution in [3.63, 3.8) is 0 Å². The standard InChI is InChI=1S/2C15H10N2O4/c16-9-11-2-1-3-13(15(18)19)14(11)8-10-4-6-12(7-5-10)17(20)21;16-10-14(11-6-8-13(9-7-11)17(19)20)21-15(18)12-4-2-1-3-5-12/h1-7H,8H2,(H,18,19);1-9,14H. The summed E-state index contributed by atoms with van der Waals surface area (Å²) in [5.41, 5.74) is 2.04. The third-order valence-corrected chi connectivity index (χ3v) is 5.81. The van der Waals surface area contributed by atoms with E-state index in [1.54, 1.807) is 48.5 Å². The predicted molar refractivity (Wildman–Crippen MR) is 147 cm³/mol. The minimum absolute atomic E-state index is 0.0363. The van der Waals surface area contributed by atoms with E-state index < -0.39 is 27.9 Å². The van der Waals surface area contributed by atoms with Gasteiger partial charge in [0.2, 0.25) is 6.10 Å². The normalized spacial score (nSPS) is 10.5. The lowest BCUT2D eigenvalue weighted by molar-refractivity contribution is -0.385. The number of hydrogen-bond donors (Lipinski definition) is 1. The molecule has 208 valence electrons. The Kier molecular flexibility index (Phi) is 10.1. The second-order valence-corrected chi connectivity index (χ2v) is 8.48. The number of aromatic carboxylic acids is 1. The quantitative estimate of drug-likeness (QED) is 0.156. The van der Waals surface area contributed by atoms with E-state index in [0.29, 0.717) is 22.3 Å². The lowest BCUT2D eigenvalue weighted by atomic mass is 9.95. The van der Waals surface area contributed by atoms with Crippen LogP contribution in [0.15, 0.2) is 97.1 Å². The Balaban J connectivity index is 0.000000230. The van der Waals surface area contributed by atoms with E-state index in [1.165, 1.54) is 48.5 Å². The van der Waals surface area contributed by atoms with Gasteiger partial charge in [-0.3, -0.25) is 20.2 Å². The van der Waals surface area contributed by atoms with Gasteiger partial charge < -0.3 is 9.84 Å². The number of non-ortho nitro benzene ring substituents is 2. The van der Waals surface area contributed by atoms with Gasteiger partial charge >= 0.3 is 11.9 Å². The van der Waals surface area contributed by atoms with Crippen molar-refractivity contribution in [3.8, 4) is 12.1 Å². The van der Waals surface area contributed by atoms with Crippen molar-refractivity contribution in [2.24, 2.45) is 0 Å². The highest BCUT2D eigenvalue weighted by molar-refractivity contribution is 5.90. The number of carbonyl (C=O) groups is 2. The highest BCUT2D eigenvalue weighted by Gasteiger charge is 2.18. The monoisotopic (exact) mass is 564 g/mol. The molecule has 12 heteroatoms.